The van der Waals surface area contributed by atoms with Crippen LogP contribution >= 0.6 is 0 Å². The van der Waals surface area contributed by atoms with Gasteiger partial charge in [0.1, 0.15) is 11.4 Å². The largest absolute Gasteiger partial charge is 0.497 e. The number of hydrogen-bond acceptors (Lipinski definition) is 5. The lowest BCUT2D eigenvalue weighted by Crippen LogP contribution is -2.41. The number of aromatic nitrogens is 2. The monoisotopic (exact) mass is 447 g/mol. The van der Waals surface area contributed by atoms with Gasteiger partial charge in [-0.3, -0.25) is 9.48 Å². The molecule has 0 N–H and O–H groups in total. The van der Waals surface area contributed by atoms with Crippen LogP contribution in [0, 0.1) is 5.92 Å². The summed E-state index contributed by atoms with van der Waals surface area (Å²) in [5.41, 5.74) is 3.36. The summed E-state index contributed by atoms with van der Waals surface area (Å²) in [5.74, 6) is 1.14. The highest BCUT2D eigenvalue weighted by molar-refractivity contribution is 5.99. The Morgan fingerprint density at radius 1 is 1.03 bits per heavy atom. The first-order chi connectivity index (χ1) is 16.2. The molecule has 7 heteroatoms. The molecule has 0 spiro atoms. The quantitative estimate of drug-likeness (QED) is 0.575. The number of piperidine rings is 1. The number of hydrogen-bond donors (Lipinski definition) is 0. The molecule has 0 bridgehead atoms. The minimum Gasteiger partial charge on any atom is -0.497 e. The molecule has 172 valence electrons. The number of carbonyl (C=O) groups excluding carboxylic acids is 1. The fourth-order valence-electron chi connectivity index (χ4n) is 4.59. The summed E-state index contributed by atoms with van der Waals surface area (Å²) >= 11 is 0. The van der Waals surface area contributed by atoms with E-state index in [4.69, 9.17) is 19.3 Å². The Balaban J connectivity index is 1.39. The number of benzene rings is 2. The smallest absolute Gasteiger partial charge is 0.257 e. The molecule has 1 aromatic heterocycles. The van der Waals surface area contributed by atoms with Gasteiger partial charge in [-0.2, -0.15) is 5.10 Å². The zero-order valence-corrected chi connectivity index (χ0v) is 18.9. The van der Waals surface area contributed by atoms with E-state index in [1.165, 1.54) is 0 Å². The maximum atomic E-state index is 13.6. The predicted molar refractivity (Wildman–Crippen MR) is 124 cm³/mol. The highest BCUT2D eigenvalue weighted by Gasteiger charge is 2.33. The van der Waals surface area contributed by atoms with Gasteiger partial charge in [0.15, 0.2) is 6.29 Å². The third-order valence-electron chi connectivity index (χ3n) is 6.40. The summed E-state index contributed by atoms with van der Waals surface area (Å²) in [6.45, 7) is 3.32. The van der Waals surface area contributed by atoms with Crippen LogP contribution in [-0.2, 0) is 16.0 Å². The molecule has 0 atom stereocenters. The molecule has 0 saturated carbocycles. The van der Waals surface area contributed by atoms with Crippen LogP contribution < -0.4 is 4.74 Å². The zero-order valence-electron chi connectivity index (χ0n) is 18.9. The van der Waals surface area contributed by atoms with Crippen molar-refractivity contribution in [3.05, 3.63) is 71.9 Å². The summed E-state index contributed by atoms with van der Waals surface area (Å²) in [6, 6.07) is 17.8. The first-order valence-electron chi connectivity index (χ1n) is 11.5. The highest BCUT2D eigenvalue weighted by Crippen LogP contribution is 2.29. The average Bonchev–Trinajstić information content (AvgIpc) is 3.55. The number of rotatable bonds is 6. The van der Waals surface area contributed by atoms with Crippen LogP contribution in [0.5, 0.6) is 5.75 Å². The third-order valence-corrected chi connectivity index (χ3v) is 6.40. The minimum absolute atomic E-state index is 0.0202. The first kappa shape index (κ1) is 21.7. The van der Waals surface area contributed by atoms with Crippen molar-refractivity contribution < 1.29 is 19.0 Å². The number of likely N-dealkylation sites (tertiary alicyclic amines) is 1. The van der Waals surface area contributed by atoms with E-state index in [1.807, 2.05) is 58.2 Å². The van der Waals surface area contributed by atoms with Crippen LogP contribution in [0.15, 0.2) is 60.8 Å². The molecule has 0 radical (unpaired) electrons. The number of amides is 1. The van der Waals surface area contributed by atoms with Gasteiger partial charge in [-0.05, 0) is 42.7 Å². The molecule has 2 aromatic carbocycles. The van der Waals surface area contributed by atoms with Crippen LogP contribution in [0.1, 0.15) is 28.8 Å². The van der Waals surface area contributed by atoms with Gasteiger partial charge in [-0.1, -0.05) is 30.3 Å². The number of ether oxygens (including phenoxy) is 3. The predicted octanol–water partition coefficient (Wildman–Crippen LogP) is 3.83. The SMILES string of the molecule is COc1ccc(-c2nn(Cc3ccccc3)cc2C(=O)N2CCC(C3OCCO3)CC2)cc1. The van der Waals surface area contributed by atoms with Gasteiger partial charge < -0.3 is 19.1 Å². The van der Waals surface area contributed by atoms with Crippen molar-refractivity contribution in [3.8, 4) is 17.0 Å². The summed E-state index contributed by atoms with van der Waals surface area (Å²) in [6.07, 6.45) is 3.52. The summed E-state index contributed by atoms with van der Waals surface area (Å²) in [7, 11) is 1.64. The molecule has 0 aliphatic carbocycles. The molecule has 2 saturated heterocycles. The molecular weight excluding hydrogens is 418 g/mol. The molecule has 2 aliphatic rings. The number of nitrogens with zero attached hydrogens (tertiary/aromatic N) is 3. The summed E-state index contributed by atoms with van der Waals surface area (Å²) in [5, 5.41) is 4.81. The molecular formula is C26H29N3O4. The Labute approximate surface area is 193 Å². The van der Waals surface area contributed by atoms with E-state index in [0.717, 1.165) is 29.7 Å². The lowest BCUT2D eigenvalue weighted by atomic mass is 9.95. The second kappa shape index (κ2) is 9.77. The molecule has 2 aliphatic heterocycles. The highest BCUT2D eigenvalue weighted by atomic mass is 16.7. The topological polar surface area (TPSA) is 65.8 Å². The van der Waals surface area contributed by atoms with Crippen LogP contribution in [0.4, 0.5) is 0 Å². The van der Waals surface area contributed by atoms with Gasteiger partial charge in [-0.15, -0.1) is 0 Å². The van der Waals surface area contributed by atoms with Crippen molar-refractivity contribution in [2.75, 3.05) is 33.4 Å². The summed E-state index contributed by atoms with van der Waals surface area (Å²) < 4.78 is 18.5. The van der Waals surface area contributed by atoms with E-state index in [1.54, 1.807) is 7.11 Å². The Bertz CT molecular complexity index is 1070. The van der Waals surface area contributed by atoms with E-state index in [0.29, 0.717) is 50.0 Å². The molecule has 2 fully saturated rings. The lowest BCUT2D eigenvalue weighted by molar-refractivity contribution is -0.0956. The van der Waals surface area contributed by atoms with Gasteiger partial charge >= 0.3 is 0 Å². The second-order valence-electron chi connectivity index (χ2n) is 8.54. The van der Waals surface area contributed by atoms with Crippen LogP contribution in [-0.4, -0.2) is 60.3 Å². The average molecular weight is 448 g/mol. The molecule has 3 aromatic rings. The third kappa shape index (κ3) is 4.79. The summed E-state index contributed by atoms with van der Waals surface area (Å²) in [4.78, 5) is 15.5. The minimum atomic E-state index is -0.120. The molecule has 1 amide bonds. The van der Waals surface area contributed by atoms with Gasteiger partial charge in [-0.25, -0.2) is 0 Å². The lowest BCUT2D eigenvalue weighted by Gasteiger charge is -2.33. The van der Waals surface area contributed by atoms with Crippen molar-refractivity contribution in [2.45, 2.75) is 25.7 Å². The molecule has 3 heterocycles. The zero-order chi connectivity index (χ0) is 22.6. The van der Waals surface area contributed by atoms with E-state index < -0.39 is 0 Å². The Morgan fingerprint density at radius 3 is 2.39 bits per heavy atom. The van der Waals surface area contributed by atoms with E-state index >= 15 is 0 Å². The van der Waals surface area contributed by atoms with Gasteiger partial charge in [0.25, 0.3) is 5.91 Å². The fraction of sp³-hybridized carbons (Fsp3) is 0.385. The Kier molecular flexibility index (Phi) is 6.41. The number of carbonyl (C=O) groups is 1. The molecule has 7 nitrogen and oxygen atoms in total. The van der Waals surface area contributed by atoms with Crippen LogP contribution in [0.3, 0.4) is 0 Å². The molecule has 33 heavy (non-hydrogen) atoms. The standard InChI is InChI=1S/C26H29N3O4/c1-31-22-9-7-20(8-10-22)24-23(18-29(27-24)17-19-5-3-2-4-6-19)25(30)28-13-11-21(12-14-28)26-32-15-16-33-26/h2-10,18,21,26H,11-17H2,1H3. The van der Waals surface area contributed by atoms with E-state index in [-0.39, 0.29) is 12.2 Å². The fourth-order valence-corrected chi connectivity index (χ4v) is 4.59. The Hall–Kier alpha value is -3.16. The van der Waals surface area contributed by atoms with Crippen molar-refractivity contribution in [1.82, 2.24) is 14.7 Å². The van der Waals surface area contributed by atoms with Crippen LogP contribution in [0.2, 0.25) is 0 Å². The van der Waals surface area contributed by atoms with Gasteiger partial charge in [0.05, 0.1) is 32.4 Å². The first-order valence-corrected chi connectivity index (χ1v) is 11.5. The van der Waals surface area contributed by atoms with Crippen molar-refractivity contribution in [1.29, 1.82) is 0 Å². The maximum Gasteiger partial charge on any atom is 0.257 e. The normalized spacial score (nSPS) is 17.4. The molecule has 5 rings (SSSR count). The Morgan fingerprint density at radius 2 is 1.73 bits per heavy atom. The van der Waals surface area contributed by atoms with Gasteiger partial charge in [0, 0.05) is 30.8 Å². The van der Waals surface area contributed by atoms with Crippen molar-refractivity contribution in [2.24, 2.45) is 5.92 Å². The van der Waals surface area contributed by atoms with E-state index in [9.17, 15) is 4.79 Å². The second-order valence-corrected chi connectivity index (χ2v) is 8.54. The maximum absolute atomic E-state index is 13.6. The van der Waals surface area contributed by atoms with Crippen LogP contribution in [0.25, 0.3) is 11.3 Å². The van der Waals surface area contributed by atoms with Crippen molar-refractivity contribution >= 4 is 5.91 Å². The molecule has 0 unspecified atom stereocenters. The van der Waals surface area contributed by atoms with Crippen molar-refractivity contribution in [3.63, 3.8) is 0 Å². The number of methoxy groups -OCH3 is 1. The van der Waals surface area contributed by atoms with E-state index in [2.05, 4.69) is 12.1 Å². The van der Waals surface area contributed by atoms with Gasteiger partial charge in [0.2, 0.25) is 0 Å².